The Morgan fingerprint density at radius 1 is 1.26 bits per heavy atom. The van der Waals surface area contributed by atoms with Crippen LogP contribution in [-0.2, 0) is 9.59 Å². The van der Waals surface area contributed by atoms with Crippen LogP contribution in [0.2, 0.25) is 0 Å². The number of H-pyrrole nitrogens is 1. The Hall–Kier alpha value is -3.54. The number of hydrogen-bond acceptors (Lipinski definition) is 5. The second-order valence-corrected chi connectivity index (χ2v) is 9.53. The highest BCUT2D eigenvalue weighted by Crippen LogP contribution is 2.41. The van der Waals surface area contributed by atoms with Gasteiger partial charge < -0.3 is 25.3 Å². The molecule has 9 heteroatoms. The minimum absolute atomic E-state index is 0.0114. The molecule has 3 amide bonds. The largest absolute Gasteiger partial charge is 0.496 e. The summed E-state index contributed by atoms with van der Waals surface area (Å²) in [4.78, 5) is 44.0. The van der Waals surface area contributed by atoms with Crippen LogP contribution in [0.25, 0.3) is 10.9 Å². The highest BCUT2D eigenvalue weighted by Gasteiger charge is 2.48. The van der Waals surface area contributed by atoms with E-state index in [9.17, 15) is 19.6 Å². The Balaban J connectivity index is 1.38. The first kappa shape index (κ1) is 22.3. The second-order valence-electron chi connectivity index (χ2n) is 9.53. The number of fused-ring (bicyclic) bond motifs is 4. The van der Waals surface area contributed by atoms with Gasteiger partial charge in [-0.05, 0) is 62.6 Å². The molecule has 9 nitrogen and oxygen atoms in total. The minimum atomic E-state index is -0.768. The number of hydrogen-bond donors (Lipinski definition) is 3. The van der Waals surface area contributed by atoms with E-state index in [2.05, 4.69) is 21.7 Å². The summed E-state index contributed by atoms with van der Waals surface area (Å²) in [5.74, 6) is -0.126. The zero-order valence-corrected chi connectivity index (χ0v) is 19.2. The van der Waals surface area contributed by atoms with E-state index in [-0.39, 0.29) is 42.0 Å². The molecule has 1 saturated carbocycles. The molecule has 4 fully saturated rings. The predicted molar refractivity (Wildman–Crippen MR) is 124 cm³/mol. The number of carbonyl (C=O) groups is 3. The third kappa shape index (κ3) is 3.87. The minimum Gasteiger partial charge on any atom is -0.496 e. The summed E-state index contributed by atoms with van der Waals surface area (Å²) in [7, 11) is 1.59. The number of aromatic nitrogens is 1. The van der Waals surface area contributed by atoms with Crippen molar-refractivity contribution in [3.05, 3.63) is 30.0 Å². The Kier molecular flexibility index (Phi) is 5.90. The Morgan fingerprint density at radius 2 is 2.06 bits per heavy atom. The first-order valence-electron chi connectivity index (χ1n) is 12.0. The maximum absolute atomic E-state index is 13.7. The maximum Gasteiger partial charge on any atom is 0.271 e. The highest BCUT2D eigenvalue weighted by atomic mass is 16.5. The van der Waals surface area contributed by atoms with Gasteiger partial charge in [-0.1, -0.05) is 6.07 Å². The number of amides is 3. The van der Waals surface area contributed by atoms with Crippen molar-refractivity contribution < 1.29 is 19.1 Å². The Bertz CT molecular complexity index is 1160. The monoisotopic (exact) mass is 463 g/mol. The van der Waals surface area contributed by atoms with E-state index in [0.717, 1.165) is 36.6 Å². The Labute approximate surface area is 197 Å². The number of piperidine rings is 2. The van der Waals surface area contributed by atoms with Crippen LogP contribution in [0.4, 0.5) is 0 Å². The lowest BCUT2D eigenvalue weighted by atomic mass is 9.74. The van der Waals surface area contributed by atoms with Gasteiger partial charge in [0.15, 0.2) is 0 Å². The summed E-state index contributed by atoms with van der Waals surface area (Å²) in [6, 6.07) is 8.10. The molecule has 1 aliphatic carbocycles. The molecule has 4 heterocycles. The van der Waals surface area contributed by atoms with Gasteiger partial charge in [-0.25, -0.2) is 0 Å². The number of rotatable bonds is 6. The van der Waals surface area contributed by atoms with Gasteiger partial charge in [-0.3, -0.25) is 14.4 Å². The molecule has 0 spiro atoms. The molecule has 2 aromatic rings. The third-order valence-electron chi connectivity index (χ3n) is 7.61. The molecule has 3 saturated heterocycles. The van der Waals surface area contributed by atoms with E-state index in [1.165, 1.54) is 0 Å². The smallest absolute Gasteiger partial charge is 0.271 e. The zero-order chi connectivity index (χ0) is 23.8. The van der Waals surface area contributed by atoms with Gasteiger partial charge in [0.25, 0.3) is 5.91 Å². The number of benzene rings is 1. The molecule has 6 rings (SSSR count). The fourth-order valence-corrected chi connectivity index (χ4v) is 5.90. The molecule has 0 radical (unpaired) electrons. The van der Waals surface area contributed by atoms with Crippen LogP contribution >= 0.6 is 0 Å². The number of nitriles is 1. The summed E-state index contributed by atoms with van der Waals surface area (Å²) in [6.07, 6.45) is 4.45. The average molecular weight is 464 g/mol. The molecule has 1 aromatic heterocycles. The van der Waals surface area contributed by atoms with Gasteiger partial charge in [0.1, 0.15) is 23.5 Å². The number of nitrogens with one attached hydrogen (secondary N) is 3. The first-order valence-corrected chi connectivity index (χ1v) is 12.0. The molecular formula is C25H29N5O4. The molecule has 3 aliphatic heterocycles. The summed E-state index contributed by atoms with van der Waals surface area (Å²) in [5, 5.41) is 16.1. The van der Waals surface area contributed by atoms with E-state index in [0.29, 0.717) is 24.4 Å². The van der Waals surface area contributed by atoms with Crippen molar-refractivity contribution in [2.45, 2.75) is 56.7 Å². The Morgan fingerprint density at radius 3 is 2.74 bits per heavy atom. The molecular weight excluding hydrogens is 434 g/mol. The lowest BCUT2D eigenvalue weighted by Crippen LogP contribution is -2.63. The van der Waals surface area contributed by atoms with Crippen molar-refractivity contribution in [3.63, 3.8) is 0 Å². The standard InChI is InChI=1S/C25H29N5O4/c1-34-21-4-2-3-19-18(21)12-20(29-19)25(33)30-17-7-5-14(6-8-17)22(30)24(32)28-16(13-26)11-15-9-10-27-23(15)31/h2-4,12,14-17,22,29H,5-11H2,1H3,(H,27,31)(H,28,32)/t14?,15-,16-,17?,22+/m1/s1. The molecule has 0 unspecified atom stereocenters. The SMILES string of the molecule is COc1cccc2[nH]c(C(=O)N3C4CCC(CC4)[C@H]3C(=O)N[C@@H](C#N)C[C@H]3CCNC3=O)cc12. The number of nitrogens with zero attached hydrogens (tertiary/aromatic N) is 2. The summed E-state index contributed by atoms with van der Waals surface area (Å²) in [5.41, 5.74) is 1.22. The van der Waals surface area contributed by atoms with Crippen LogP contribution < -0.4 is 15.4 Å². The first-order chi connectivity index (χ1) is 16.5. The van der Waals surface area contributed by atoms with E-state index < -0.39 is 12.1 Å². The number of aromatic amines is 1. The lowest BCUT2D eigenvalue weighted by molar-refractivity contribution is -0.133. The molecule has 3 atom stereocenters. The molecule has 3 N–H and O–H groups in total. The summed E-state index contributed by atoms with van der Waals surface area (Å²) >= 11 is 0. The van der Waals surface area contributed by atoms with Crippen molar-refractivity contribution in [2.75, 3.05) is 13.7 Å². The van der Waals surface area contributed by atoms with Crippen LogP contribution in [-0.4, -0.2) is 59.4 Å². The fraction of sp³-hybridized carbons (Fsp3) is 0.520. The van der Waals surface area contributed by atoms with Gasteiger partial charge in [0.05, 0.1) is 13.2 Å². The van der Waals surface area contributed by atoms with Crippen molar-refractivity contribution in [1.29, 1.82) is 5.26 Å². The highest BCUT2D eigenvalue weighted by molar-refractivity contribution is 6.02. The predicted octanol–water partition coefficient (Wildman–Crippen LogP) is 2.09. The molecule has 4 aliphatic rings. The molecule has 2 bridgehead atoms. The van der Waals surface area contributed by atoms with Gasteiger partial charge >= 0.3 is 0 Å². The number of ether oxygens (including phenoxy) is 1. The molecule has 178 valence electrons. The molecule has 1 aromatic carbocycles. The van der Waals surface area contributed by atoms with Crippen molar-refractivity contribution >= 4 is 28.6 Å². The lowest BCUT2D eigenvalue weighted by Gasteiger charge is -2.50. The normalized spacial score (nSPS) is 26.7. The molecule has 34 heavy (non-hydrogen) atoms. The van der Waals surface area contributed by atoms with Crippen LogP contribution in [0.5, 0.6) is 5.75 Å². The average Bonchev–Trinajstić information content (AvgIpc) is 3.49. The number of methoxy groups -OCH3 is 1. The van der Waals surface area contributed by atoms with E-state index in [4.69, 9.17) is 4.74 Å². The van der Waals surface area contributed by atoms with E-state index >= 15 is 0 Å². The summed E-state index contributed by atoms with van der Waals surface area (Å²) < 4.78 is 5.42. The maximum atomic E-state index is 13.7. The fourth-order valence-electron chi connectivity index (χ4n) is 5.90. The zero-order valence-electron chi connectivity index (χ0n) is 19.2. The third-order valence-corrected chi connectivity index (χ3v) is 7.61. The van der Waals surface area contributed by atoms with Gasteiger partial charge in [-0.15, -0.1) is 0 Å². The van der Waals surface area contributed by atoms with Crippen LogP contribution in [0.1, 0.15) is 49.0 Å². The number of carbonyl (C=O) groups excluding carboxylic acids is 3. The van der Waals surface area contributed by atoms with Crippen LogP contribution in [0, 0.1) is 23.2 Å². The van der Waals surface area contributed by atoms with Crippen molar-refractivity contribution in [3.8, 4) is 11.8 Å². The van der Waals surface area contributed by atoms with E-state index in [1.54, 1.807) is 18.1 Å². The van der Waals surface area contributed by atoms with Crippen LogP contribution in [0.15, 0.2) is 24.3 Å². The quantitative estimate of drug-likeness (QED) is 0.605. The van der Waals surface area contributed by atoms with Crippen molar-refractivity contribution in [2.24, 2.45) is 11.8 Å². The van der Waals surface area contributed by atoms with Gasteiger partial charge in [0.2, 0.25) is 11.8 Å². The second kappa shape index (κ2) is 9.01. The van der Waals surface area contributed by atoms with Gasteiger partial charge in [-0.2, -0.15) is 5.26 Å². The van der Waals surface area contributed by atoms with Crippen LogP contribution in [0.3, 0.4) is 0 Å². The summed E-state index contributed by atoms with van der Waals surface area (Å²) in [6.45, 7) is 0.597. The van der Waals surface area contributed by atoms with Crippen molar-refractivity contribution in [1.82, 2.24) is 20.5 Å². The van der Waals surface area contributed by atoms with Gasteiger partial charge in [0, 0.05) is 29.4 Å². The topological polar surface area (TPSA) is 127 Å². The van der Waals surface area contributed by atoms with E-state index in [1.807, 2.05) is 18.2 Å².